The molecule has 2 bridgehead atoms. The first-order chi connectivity index (χ1) is 19.2. The van der Waals surface area contributed by atoms with Gasteiger partial charge in [-0.2, -0.15) is 4.98 Å². The number of fused-ring (bicyclic) bond motifs is 3. The van der Waals surface area contributed by atoms with E-state index < -0.39 is 0 Å². The van der Waals surface area contributed by atoms with Gasteiger partial charge < -0.3 is 25.2 Å². The molecule has 5 heterocycles. The van der Waals surface area contributed by atoms with Crippen molar-refractivity contribution in [1.82, 2.24) is 20.3 Å². The van der Waals surface area contributed by atoms with Crippen LogP contribution in [0.3, 0.4) is 0 Å². The van der Waals surface area contributed by atoms with Gasteiger partial charge in [0.15, 0.2) is 0 Å². The average molecular weight is 524 g/mol. The Morgan fingerprint density at radius 1 is 0.974 bits per heavy atom. The number of hydrogen-bond acceptors (Lipinski definition) is 8. The molecule has 200 valence electrons. The number of piperazine rings is 1. The Hall–Kier alpha value is -4.11. The lowest BCUT2D eigenvalue weighted by molar-refractivity contribution is 0.415. The van der Waals surface area contributed by atoms with Gasteiger partial charge in [0.25, 0.3) is 5.56 Å². The molecule has 2 aromatic carbocycles. The first kappa shape index (κ1) is 24.0. The van der Waals surface area contributed by atoms with Crippen LogP contribution in [0.5, 0.6) is 5.75 Å². The number of para-hydroxylation sites is 1. The first-order valence-corrected chi connectivity index (χ1v) is 13.8. The smallest absolute Gasteiger partial charge is 0.263 e. The fraction of sp³-hybridized carbons (Fsp3) is 0.367. The first-order valence-electron chi connectivity index (χ1n) is 13.8. The van der Waals surface area contributed by atoms with Crippen LogP contribution in [0.1, 0.15) is 19.3 Å². The number of piperidine rings is 1. The minimum absolute atomic E-state index is 0.163. The Kier molecular flexibility index (Phi) is 6.08. The Balaban J connectivity index is 1.21. The number of benzene rings is 2. The number of ether oxygens (including phenoxy) is 1. The third kappa shape index (κ3) is 4.46. The van der Waals surface area contributed by atoms with Gasteiger partial charge in [-0.1, -0.05) is 24.3 Å². The second-order valence-corrected chi connectivity index (χ2v) is 10.7. The standard InChI is InChI=1S/C30H33N7O2/c1-39-24-11-9-21(10-12-24)36-17-23-15-22(36)18-37(23)30-34-28(32-20-6-4-14-31-16-20)27(29(38)35-30)26-13-8-19-5-2-3-7-25(19)33-26/h2-3,5,7-13,20,22-23,31H,4,6,14-18H2,1H3,(H2,32,34,35,38). The van der Waals surface area contributed by atoms with Crippen LogP contribution in [-0.4, -0.2) is 66.4 Å². The predicted molar refractivity (Wildman–Crippen MR) is 155 cm³/mol. The number of rotatable bonds is 6. The number of aromatic amines is 1. The normalized spacial score (nSPS) is 22.4. The van der Waals surface area contributed by atoms with Crippen LogP contribution in [0.4, 0.5) is 17.5 Å². The summed E-state index contributed by atoms with van der Waals surface area (Å²) in [6.45, 7) is 3.58. The maximum Gasteiger partial charge on any atom is 0.263 e. The fourth-order valence-corrected chi connectivity index (χ4v) is 6.33. The molecule has 3 saturated heterocycles. The lowest BCUT2D eigenvalue weighted by Gasteiger charge is -2.36. The average Bonchev–Trinajstić information content (AvgIpc) is 3.59. The molecule has 3 aliphatic rings. The molecule has 0 aliphatic carbocycles. The van der Waals surface area contributed by atoms with E-state index >= 15 is 0 Å². The van der Waals surface area contributed by atoms with E-state index in [1.165, 1.54) is 5.69 Å². The van der Waals surface area contributed by atoms with Gasteiger partial charge in [-0.15, -0.1) is 0 Å². The number of methoxy groups -OCH3 is 1. The van der Waals surface area contributed by atoms with Gasteiger partial charge in [0, 0.05) is 42.8 Å². The number of nitrogens with one attached hydrogen (secondary N) is 3. The van der Waals surface area contributed by atoms with E-state index in [0.717, 1.165) is 62.1 Å². The SMILES string of the molecule is COc1ccc(N2CC3CC2CN3c2nc(NC3CCCNC3)c(-c3ccc4ccccc4n3)c(=O)[nH]2)cc1. The predicted octanol–water partition coefficient (Wildman–Crippen LogP) is 3.63. The molecule has 0 amide bonds. The molecule has 7 rings (SSSR count). The molecule has 0 spiro atoms. The molecule has 4 aromatic rings. The Morgan fingerprint density at radius 3 is 2.56 bits per heavy atom. The lowest BCUT2D eigenvalue weighted by Crippen LogP contribution is -2.47. The number of H-pyrrole nitrogens is 1. The van der Waals surface area contributed by atoms with Gasteiger partial charge in [0.2, 0.25) is 5.95 Å². The van der Waals surface area contributed by atoms with Crippen LogP contribution < -0.4 is 30.7 Å². The fourth-order valence-electron chi connectivity index (χ4n) is 6.33. The van der Waals surface area contributed by atoms with Crippen molar-refractivity contribution in [1.29, 1.82) is 0 Å². The lowest BCUT2D eigenvalue weighted by atomic mass is 10.1. The van der Waals surface area contributed by atoms with E-state index in [1.54, 1.807) is 7.11 Å². The summed E-state index contributed by atoms with van der Waals surface area (Å²) in [5.74, 6) is 2.11. The number of anilines is 3. The summed E-state index contributed by atoms with van der Waals surface area (Å²) in [6.07, 6.45) is 3.17. The van der Waals surface area contributed by atoms with E-state index in [1.807, 2.05) is 48.5 Å². The molecule has 3 unspecified atom stereocenters. The van der Waals surface area contributed by atoms with Crippen LogP contribution in [0, 0.1) is 0 Å². The summed E-state index contributed by atoms with van der Waals surface area (Å²) in [6, 6.07) is 21.0. The minimum Gasteiger partial charge on any atom is -0.497 e. The number of aromatic nitrogens is 3. The van der Waals surface area contributed by atoms with Crippen molar-refractivity contribution in [3.63, 3.8) is 0 Å². The van der Waals surface area contributed by atoms with Gasteiger partial charge in [-0.3, -0.25) is 9.78 Å². The zero-order valence-electron chi connectivity index (χ0n) is 22.1. The molecule has 9 nitrogen and oxygen atoms in total. The molecule has 0 radical (unpaired) electrons. The highest BCUT2D eigenvalue weighted by atomic mass is 16.5. The van der Waals surface area contributed by atoms with E-state index in [9.17, 15) is 4.79 Å². The Labute approximate surface area is 227 Å². The second-order valence-electron chi connectivity index (χ2n) is 10.7. The summed E-state index contributed by atoms with van der Waals surface area (Å²) in [5.41, 5.74) is 3.03. The highest BCUT2D eigenvalue weighted by Gasteiger charge is 2.44. The minimum atomic E-state index is -0.163. The van der Waals surface area contributed by atoms with Gasteiger partial charge in [-0.05, 0) is 62.2 Å². The highest BCUT2D eigenvalue weighted by molar-refractivity contribution is 5.83. The second kappa shape index (κ2) is 9.89. The summed E-state index contributed by atoms with van der Waals surface area (Å²) >= 11 is 0. The van der Waals surface area contributed by atoms with Gasteiger partial charge >= 0.3 is 0 Å². The van der Waals surface area contributed by atoms with Crippen LogP contribution in [-0.2, 0) is 0 Å². The molecule has 0 saturated carbocycles. The van der Waals surface area contributed by atoms with Gasteiger partial charge in [0.05, 0.1) is 24.4 Å². The Bertz CT molecular complexity index is 1550. The van der Waals surface area contributed by atoms with Crippen molar-refractivity contribution in [2.45, 2.75) is 37.4 Å². The van der Waals surface area contributed by atoms with Crippen molar-refractivity contribution in [2.24, 2.45) is 0 Å². The molecule has 3 N–H and O–H groups in total. The van der Waals surface area contributed by atoms with Gasteiger partial charge in [-0.25, -0.2) is 4.98 Å². The molecular formula is C30H33N7O2. The van der Waals surface area contributed by atoms with Gasteiger partial charge in [0.1, 0.15) is 17.1 Å². The van der Waals surface area contributed by atoms with Crippen molar-refractivity contribution in [2.75, 3.05) is 48.4 Å². The van der Waals surface area contributed by atoms with E-state index in [4.69, 9.17) is 14.7 Å². The monoisotopic (exact) mass is 523 g/mol. The zero-order chi connectivity index (χ0) is 26.3. The molecule has 3 fully saturated rings. The summed E-state index contributed by atoms with van der Waals surface area (Å²) in [4.78, 5) is 31.5. The topological polar surface area (TPSA) is 98.4 Å². The van der Waals surface area contributed by atoms with Crippen LogP contribution in [0.25, 0.3) is 22.2 Å². The maximum absolute atomic E-state index is 13.7. The van der Waals surface area contributed by atoms with E-state index in [0.29, 0.717) is 29.1 Å². The third-order valence-corrected chi connectivity index (χ3v) is 8.32. The number of pyridine rings is 1. The van der Waals surface area contributed by atoms with Crippen LogP contribution in [0.15, 0.2) is 65.5 Å². The summed E-state index contributed by atoms with van der Waals surface area (Å²) < 4.78 is 5.33. The zero-order valence-corrected chi connectivity index (χ0v) is 22.1. The van der Waals surface area contributed by atoms with Crippen molar-refractivity contribution in [3.05, 3.63) is 71.0 Å². The number of nitrogens with zero attached hydrogens (tertiary/aromatic N) is 4. The van der Waals surface area contributed by atoms with Crippen molar-refractivity contribution in [3.8, 4) is 17.0 Å². The molecule has 2 aromatic heterocycles. The molecule has 9 heteroatoms. The number of hydrogen-bond donors (Lipinski definition) is 3. The quantitative estimate of drug-likeness (QED) is 0.353. The highest BCUT2D eigenvalue weighted by Crippen LogP contribution is 2.37. The van der Waals surface area contributed by atoms with Crippen LogP contribution in [0.2, 0.25) is 0 Å². The molecular weight excluding hydrogens is 490 g/mol. The summed E-state index contributed by atoms with van der Waals surface area (Å²) in [7, 11) is 1.69. The maximum atomic E-state index is 13.7. The molecule has 3 atom stereocenters. The largest absolute Gasteiger partial charge is 0.497 e. The van der Waals surface area contributed by atoms with E-state index in [-0.39, 0.29) is 17.6 Å². The molecule has 3 aliphatic heterocycles. The third-order valence-electron chi connectivity index (χ3n) is 8.32. The van der Waals surface area contributed by atoms with Crippen molar-refractivity contribution < 1.29 is 4.74 Å². The van der Waals surface area contributed by atoms with Crippen molar-refractivity contribution >= 4 is 28.4 Å². The Morgan fingerprint density at radius 2 is 1.79 bits per heavy atom. The molecule has 39 heavy (non-hydrogen) atoms. The van der Waals surface area contributed by atoms with Crippen LogP contribution >= 0.6 is 0 Å². The van der Waals surface area contributed by atoms with E-state index in [2.05, 4.69) is 37.6 Å². The summed E-state index contributed by atoms with van der Waals surface area (Å²) in [5, 5.41) is 8.11.